The summed E-state index contributed by atoms with van der Waals surface area (Å²) >= 11 is 5.31. The van der Waals surface area contributed by atoms with Crippen LogP contribution in [-0.2, 0) is 0 Å². The lowest BCUT2D eigenvalue weighted by molar-refractivity contribution is 0.307. The van der Waals surface area contributed by atoms with E-state index in [-0.39, 0.29) is 0 Å². The van der Waals surface area contributed by atoms with E-state index < -0.39 is 0 Å². The van der Waals surface area contributed by atoms with Gasteiger partial charge in [-0.2, -0.15) is 0 Å². The van der Waals surface area contributed by atoms with Gasteiger partial charge in [0.15, 0.2) is 5.11 Å². The Bertz CT molecular complexity index is 206. The minimum atomic E-state index is 0.476. The SMILES string of the molecule is CCC(C)NC(=S)NC1CCCCC1C. The highest BCUT2D eigenvalue weighted by atomic mass is 32.1. The molecular formula is C12H24N2S. The Labute approximate surface area is 99.2 Å². The summed E-state index contributed by atoms with van der Waals surface area (Å²) in [6.07, 6.45) is 6.44. The van der Waals surface area contributed by atoms with E-state index in [0.29, 0.717) is 12.1 Å². The quantitative estimate of drug-likeness (QED) is 0.726. The smallest absolute Gasteiger partial charge is 0.166 e. The molecule has 0 spiro atoms. The summed E-state index contributed by atoms with van der Waals surface area (Å²) in [6, 6.07) is 1.06. The minimum absolute atomic E-state index is 0.476. The van der Waals surface area contributed by atoms with E-state index in [4.69, 9.17) is 12.2 Å². The van der Waals surface area contributed by atoms with Gasteiger partial charge in [0.1, 0.15) is 0 Å². The zero-order valence-corrected chi connectivity index (χ0v) is 11.0. The lowest BCUT2D eigenvalue weighted by Gasteiger charge is -2.31. The molecule has 3 heteroatoms. The Balaban J connectivity index is 2.29. The highest BCUT2D eigenvalue weighted by molar-refractivity contribution is 7.80. The first-order chi connectivity index (χ1) is 7.13. The largest absolute Gasteiger partial charge is 0.360 e. The second-order valence-corrected chi connectivity index (χ2v) is 5.20. The van der Waals surface area contributed by atoms with Crippen LogP contribution < -0.4 is 10.6 Å². The average Bonchev–Trinajstić information content (AvgIpc) is 2.21. The minimum Gasteiger partial charge on any atom is -0.360 e. The standard InChI is InChI=1S/C12H24N2S/c1-4-10(3)13-12(15)14-11-8-6-5-7-9(11)2/h9-11H,4-8H2,1-3H3,(H2,13,14,15). The van der Waals surface area contributed by atoms with E-state index in [2.05, 4.69) is 31.4 Å². The van der Waals surface area contributed by atoms with Gasteiger partial charge in [0.2, 0.25) is 0 Å². The van der Waals surface area contributed by atoms with E-state index >= 15 is 0 Å². The van der Waals surface area contributed by atoms with Crippen LogP contribution >= 0.6 is 12.2 Å². The zero-order chi connectivity index (χ0) is 11.3. The second-order valence-electron chi connectivity index (χ2n) is 4.80. The molecular weight excluding hydrogens is 204 g/mol. The normalized spacial score (nSPS) is 28.2. The van der Waals surface area contributed by atoms with Gasteiger partial charge >= 0.3 is 0 Å². The van der Waals surface area contributed by atoms with Crippen LogP contribution in [-0.4, -0.2) is 17.2 Å². The summed E-state index contributed by atoms with van der Waals surface area (Å²) in [7, 11) is 0. The first-order valence-corrected chi connectivity index (χ1v) is 6.61. The second kappa shape index (κ2) is 6.31. The molecule has 0 aromatic heterocycles. The fourth-order valence-electron chi connectivity index (χ4n) is 2.07. The molecule has 0 aromatic carbocycles. The molecule has 1 saturated carbocycles. The fourth-order valence-corrected chi connectivity index (χ4v) is 2.42. The molecule has 0 heterocycles. The van der Waals surface area contributed by atoms with Crippen LogP contribution in [0.5, 0.6) is 0 Å². The van der Waals surface area contributed by atoms with Crippen LogP contribution in [0.25, 0.3) is 0 Å². The third kappa shape index (κ3) is 4.37. The summed E-state index contributed by atoms with van der Waals surface area (Å²) in [5, 5.41) is 7.61. The van der Waals surface area contributed by atoms with E-state index in [1.165, 1.54) is 25.7 Å². The molecule has 1 aliphatic rings. The van der Waals surface area contributed by atoms with Crippen LogP contribution in [0.15, 0.2) is 0 Å². The predicted molar refractivity (Wildman–Crippen MR) is 70.0 cm³/mol. The van der Waals surface area contributed by atoms with Crippen molar-refractivity contribution in [2.24, 2.45) is 5.92 Å². The summed E-state index contributed by atoms with van der Waals surface area (Å²) in [6.45, 7) is 6.66. The molecule has 1 aliphatic carbocycles. The average molecular weight is 228 g/mol. The summed E-state index contributed by atoms with van der Waals surface area (Å²) in [5.74, 6) is 0.760. The van der Waals surface area contributed by atoms with E-state index in [1.54, 1.807) is 0 Å². The molecule has 15 heavy (non-hydrogen) atoms. The Kier molecular flexibility index (Phi) is 5.37. The van der Waals surface area contributed by atoms with Gasteiger partial charge in [-0.25, -0.2) is 0 Å². The van der Waals surface area contributed by atoms with Crippen molar-refractivity contribution in [3.8, 4) is 0 Å². The van der Waals surface area contributed by atoms with Crippen LogP contribution in [0, 0.1) is 5.92 Å². The monoisotopic (exact) mass is 228 g/mol. The lowest BCUT2D eigenvalue weighted by Crippen LogP contribution is -2.48. The van der Waals surface area contributed by atoms with Gasteiger partial charge in [-0.3, -0.25) is 0 Å². The van der Waals surface area contributed by atoms with E-state index in [9.17, 15) is 0 Å². The molecule has 0 aliphatic heterocycles. The maximum absolute atomic E-state index is 5.31. The maximum Gasteiger partial charge on any atom is 0.166 e. The third-order valence-corrected chi connectivity index (χ3v) is 3.65. The number of hydrogen-bond acceptors (Lipinski definition) is 1. The Morgan fingerprint density at radius 1 is 1.40 bits per heavy atom. The van der Waals surface area contributed by atoms with Gasteiger partial charge in [0.05, 0.1) is 0 Å². The maximum atomic E-state index is 5.31. The van der Waals surface area contributed by atoms with Crippen molar-refractivity contribution in [1.82, 2.24) is 10.6 Å². The van der Waals surface area contributed by atoms with Gasteiger partial charge < -0.3 is 10.6 Å². The van der Waals surface area contributed by atoms with E-state index in [1.807, 2.05) is 0 Å². The van der Waals surface area contributed by atoms with Crippen molar-refractivity contribution in [2.75, 3.05) is 0 Å². The number of rotatable bonds is 3. The third-order valence-electron chi connectivity index (χ3n) is 3.42. The number of hydrogen-bond donors (Lipinski definition) is 2. The van der Waals surface area contributed by atoms with Crippen molar-refractivity contribution in [2.45, 2.75) is 65.0 Å². The number of nitrogens with one attached hydrogen (secondary N) is 2. The first-order valence-electron chi connectivity index (χ1n) is 6.20. The van der Waals surface area contributed by atoms with Crippen LogP contribution in [0.4, 0.5) is 0 Å². The zero-order valence-electron chi connectivity index (χ0n) is 10.2. The Morgan fingerprint density at radius 2 is 2.07 bits per heavy atom. The summed E-state index contributed by atoms with van der Waals surface area (Å²) < 4.78 is 0. The first kappa shape index (κ1) is 12.8. The molecule has 0 bridgehead atoms. The highest BCUT2D eigenvalue weighted by Crippen LogP contribution is 2.23. The summed E-state index contributed by atoms with van der Waals surface area (Å²) in [5.41, 5.74) is 0. The highest BCUT2D eigenvalue weighted by Gasteiger charge is 2.21. The predicted octanol–water partition coefficient (Wildman–Crippen LogP) is 2.83. The van der Waals surface area contributed by atoms with Gasteiger partial charge in [-0.1, -0.05) is 26.7 Å². The van der Waals surface area contributed by atoms with Crippen molar-refractivity contribution in [3.05, 3.63) is 0 Å². The van der Waals surface area contributed by atoms with E-state index in [0.717, 1.165) is 17.5 Å². The Hall–Kier alpha value is -0.310. The van der Waals surface area contributed by atoms with Crippen LogP contribution in [0.1, 0.15) is 52.9 Å². The summed E-state index contributed by atoms with van der Waals surface area (Å²) in [4.78, 5) is 0. The molecule has 0 aromatic rings. The van der Waals surface area contributed by atoms with Gasteiger partial charge in [-0.05, 0) is 44.3 Å². The van der Waals surface area contributed by atoms with Crippen molar-refractivity contribution in [3.63, 3.8) is 0 Å². The fraction of sp³-hybridized carbons (Fsp3) is 0.917. The van der Waals surface area contributed by atoms with Gasteiger partial charge in [0, 0.05) is 12.1 Å². The van der Waals surface area contributed by atoms with Gasteiger partial charge in [0.25, 0.3) is 0 Å². The number of thiocarbonyl (C=S) groups is 1. The molecule has 1 rings (SSSR count). The molecule has 88 valence electrons. The Morgan fingerprint density at radius 3 is 2.67 bits per heavy atom. The van der Waals surface area contributed by atoms with Crippen molar-refractivity contribution >= 4 is 17.3 Å². The molecule has 1 fully saturated rings. The van der Waals surface area contributed by atoms with Crippen LogP contribution in [0.2, 0.25) is 0 Å². The molecule has 0 saturated heterocycles. The molecule has 3 unspecified atom stereocenters. The van der Waals surface area contributed by atoms with Gasteiger partial charge in [-0.15, -0.1) is 0 Å². The molecule has 3 atom stereocenters. The molecule has 2 N–H and O–H groups in total. The molecule has 0 radical (unpaired) electrons. The van der Waals surface area contributed by atoms with Crippen LogP contribution in [0.3, 0.4) is 0 Å². The van der Waals surface area contributed by atoms with Crippen molar-refractivity contribution < 1.29 is 0 Å². The lowest BCUT2D eigenvalue weighted by atomic mass is 9.86. The molecule has 0 amide bonds. The molecule has 2 nitrogen and oxygen atoms in total. The van der Waals surface area contributed by atoms with Crippen molar-refractivity contribution in [1.29, 1.82) is 0 Å². The topological polar surface area (TPSA) is 24.1 Å².